The van der Waals surface area contributed by atoms with Gasteiger partial charge in [-0.3, -0.25) is 9.59 Å². The Balaban J connectivity index is 1.88. The van der Waals surface area contributed by atoms with E-state index in [1.807, 2.05) is 19.1 Å². The summed E-state index contributed by atoms with van der Waals surface area (Å²) in [6.07, 6.45) is 4.94. The standard InChI is InChI=1S/C18H26N2O4/c1-2-11-23-15-7-9-16(10-8-15)24-13-18(22)20(12-17(19)21)14-5-3-4-6-14/h7-10,14H,2-6,11-13H2,1H3,(H2,19,21). The van der Waals surface area contributed by atoms with Crippen LogP contribution in [0.3, 0.4) is 0 Å². The zero-order valence-electron chi connectivity index (χ0n) is 14.2. The third-order valence-corrected chi connectivity index (χ3v) is 4.07. The van der Waals surface area contributed by atoms with Gasteiger partial charge in [-0.1, -0.05) is 19.8 Å². The molecule has 2 N–H and O–H groups in total. The molecule has 6 nitrogen and oxygen atoms in total. The summed E-state index contributed by atoms with van der Waals surface area (Å²) in [6.45, 7) is 2.57. The highest BCUT2D eigenvalue weighted by molar-refractivity contribution is 5.84. The second-order valence-electron chi connectivity index (χ2n) is 6.03. The molecular formula is C18H26N2O4. The topological polar surface area (TPSA) is 81.9 Å². The number of hydrogen-bond donors (Lipinski definition) is 1. The molecule has 24 heavy (non-hydrogen) atoms. The number of primary amides is 1. The highest BCUT2D eigenvalue weighted by Gasteiger charge is 2.27. The van der Waals surface area contributed by atoms with Crippen molar-refractivity contribution in [2.45, 2.75) is 45.1 Å². The maximum atomic E-state index is 12.4. The van der Waals surface area contributed by atoms with Gasteiger partial charge in [0.15, 0.2) is 6.61 Å². The summed E-state index contributed by atoms with van der Waals surface area (Å²) < 4.78 is 11.1. The third-order valence-electron chi connectivity index (χ3n) is 4.07. The molecule has 0 radical (unpaired) electrons. The summed E-state index contributed by atoms with van der Waals surface area (Å²) in [5.41, 5.74) is 5.28. The number of nitrogens with zero attached hydrogens (tertiary/aromatic N) is 1. The number of benzene rings is 1. The molecule has 0 unspecified atom stereocenters. The van der Waals surface area contributed by atoms with Crippen LogP contribution in [0.25, 0.3) is 0 Å². The van der Waals surface area contributed by atoms with E-state index in [2.05, 4.69) is 0 Å². The fourth-order valence-electron chi connectivity index (χ4n) is 2.88. The molecule has 0 atom stereocenters. The van der Waals surface area contributed by atoms with Gasteiger partial charge in [-0.15, -0.1) is 0 Å². The van der Waals surface area contributed by atoms with E-state index >= 15 is 0 Å². The molecule has 0 aliphatic heterocycles. The second kappa shape index (κ2) is 9.15. The molecule has 0 saturated heterocycles. The van der Waals surface area contributed by atoms with Gasteiger partial charge in [0.05, 0.1) is 13.2 Å². The van der Waals surface area contributed by atoms with Crippen molar-refractivity contribution >= 4 is 11.8 Å². The van der Waals surface area contributed by atoms with Crippen molar-refractivity contribution in [1.82, 2.24) is 4.90 Å². The van der Waals surface area contributed by atoms with E-state index in [0.29, 0.717) is 12.4 Å². The lowest BCUT2D eigenvalue weighted by molar-refractivity contribution is -0.139. The molecule has 1 aliphatic carbocycles. The molecule has 1 aliphatic rings. The van der Waals surface area contributed by atoms with Gasteiger partial charge in [0.2, 0.25) is 5.91 Å². The van der Waals surface area contributed by atoms with Crippen molar-refractivity contribution in [2.24, 2.45) is 5.73 Å². The van der Waals surface area contributed by atoms with Crippen molar-refractivity contribution in [1.29, 1.82) is 0 Å². The fraction of sp³-hybridized carbons (Fsp3) is 0.556. The van der Waals surface area contributed by atoms with Crippen LogP contribution in [0.1, 0.15) is 39.0 Å². The van der Waals surface area contributed by atoms with Crippen LogP contribution in [0.15, 0.2) is 24.3 Å². The molecule has 6 heteroatoms. The molecular weight excluding hydrogens is 308 g/mol. The maximum Gasteiger partial charge on any atom is 0.261 e. The van der Waals surface area contributed by atoms with Gasteiger partial charge < -0.3 is 20.1 Å². The van der Waals surface area contributed by atoms with Crippen molar-refractivity contribution in [2.75, 3.05) is 19.8 Å². The molecule has 1 aromatic carbocycles. The average Bonchev–Trinajstić information content (AvgIpc) is 3.10. The Morgan fingerprint density at radius 3 is 2.25 bits per heavy atom. The van der Waals surface area contributed by atoms with Crippen LogP contribution in [0.2, 0.25) is 0 Å². The molecule has 1 fully saturated rings. The number of nitrogens with two attached hydrogens (primary N) is 1. The van der Waals surface area contributed by atoms with Crippen LogP contribution in [0.4, 0.5) is 0 Å². The van der Waals surface area contributed by atoms with Gasteiger partial charge >= 0.3 is 0 Å². The van der Waals surface area contributed by atoms with Crippen LogP contribution in [0.5, 0.6) is 11.5 Å². The number of carbonyl (C=O) groups excluding carboxylic acids is 2. The highest BCUT2D eigenvalue weighted by atomic mass is 16.5. The lowest BCUT2D eigenvalue weighted by Gasteiger charge is -2.27. The minimum Gasteiger partial charge on any atom is -0.494 e. The largest absolute Gasteiger partial charge is 0.494 e. The van der Waals surface area contributed by atoms with E-state index in [4.69, 9.17) is 15.2 Å². The molecule has 2 amide bonds. The summed E-state index contributed by atoms with van der Waals surface area (Å²) in [4.78, 5) is 25.2. The Morgan fingerprint density at radius 1 is 1.12 bits per heavy atom. The third kappa shape index (κ3) is 5.44. The summed E-state index contributed by atoms with van der Waals surface area (Å²) in [5.74, 6) is 0.675. The van der Waals surface area contributed by atoms with E-state index in [0.717, 1.165) is 37.9 Å². The van der Waals surface area contributed by atoms with Crippen molar-refractivity contribution < 1.29 is 19.1 Å². The molecule has 1 saturated carbocycles. The Bertz CT molecular complexity index is 538. The maximum absolute atomic E-state index is 12.4. The summed E-state index contributed by atoms with van der Waals surface area (Å²) in [6, 6.07) is 7.26. The normalized spacial score (nSPS) is 14.4. The average molecular weight is 334 g/mol. The molecule has 2 rings (SSSR count). The molecule has 0 heterocycles. The van der Waals surface area contributed by atoms with Gasteiger partial charge in [0.1, 0.15) is 11.5 Å². The Morgan fingerprint density at radius 2 is 1.71 bits per heavy atom. The van der Waals surface area contributed by atoms with Gasteiger partial charge in [0.25, 0.3) is 5.91 Å². The van der Waals surface area contributed by atoms with Gasteiger partial charge in [-0.2, -0.15) is 0 Å². The zero-order chi connectivity index (χ0) is 17.4. The summed E-state index contributed by atoms with van der Waals surface area (Å²) >= 11 is 0. The first-order valence-electron chi connectivity index (χ1n) is 8.53. The van der Waals surface area contributed by atoms with E-state index in [-0.39, 0.29) is 25.1 Å². The quantitative estimate of drug-likeness (QED) is 0.750. The van der Waals surface area contributed by atoms with E-state index in [1.165, 1.54) is 0 Å². The van der Waals surface area contributed by atoms with Crippen molar-refractivity contribution in [3.8, 4) is 11.5 Å². The summed E-state index contributed by atoms with van der Waals surface area (Å²) in [5, 5.41) is 0. The van der Waals surface area contributed by atoms with Gasteiger partial charge in [-0.25, -0.2) is 0 Å². The molecule has 1 aromatic rings. The molecule has 0 bridgehead atoms. The first-order chi connectivity index (χ1) is 11.6. The van der Waals surface area contributed by atoms with E-state index in [9.17, 15) is 9.59 Å². The minimum atomic E-state index is -0.493. The first-order valence-corrected chi connectivity index (χ1v) is 8.53. The first kappa shape index (κ1) is 18.1. The van der Waals surface area contributed by atoms with Crippen LogP contribution in [-0.4, -0.2) is 42.5 Å². The highest BCUT2D eigenvalue weighted by Crippen LogP contribution is 2.24. The van der Waals surface area contributed by atoms with E-state index < -0.39 is 5.91 Å². The van der Waals surface area contributed by atoms with Crippen LogP contribution < -0.4 is 15.2 Å². The van der Waals surface area contributed by atoms with Gasteiger partial charge in [-0.05, 0) is 43.5 Å². The smallest absolute Gasteiger partial charge is 0.261 e. The number of carbonyl (C=O) groups is 2. The number of ether oxygens (including phenoxy) is 2. The molecule has 132 valence electrons. The van der Waals surface area contributed by atoms with Crippen molar-refractivity contribution in [3.05, 3.63) is 24.3 Å². The number of amides is 2. The monoisotopic (exact) mass is 334 g/mol. The minimum absolute atomic E-state index is 0.0450. The predicted molar refractivity (Wildman–Crippen MR) is 90.9 cm³/mol. The van der Waals surface area contributed by atoms with Crippen LogP contribution in [-0.2, 0) is 9.59 Å². The Kier molecular flexibility index (Phi) is 6.90. The summed E-state index contributed by atoms with van der Waals surface area (Å²) in [7, 11) is 0. The van der Waals surface area contributed by atoms with E-state index in [1.54, 1.807) is 17.0 Å². The number of rotatable bonds is 9. The van der Waals surface area contributed by atoms with Crippen LogP contribution >= 0.6 is 0 Å². The lowest BCUT2D eigenvalue weighted by Crippen LogP contribution is -2.46. The SMILES string of the molecule is CCCOc1ccc(OCC(=O)N(CC(N)=O)C2CCCC2)cc1. The predicted octanol–water partition coefficient (Wildman–Crippen LogP) is 2.11. The Hall–Kier alpha value is -2.24. The molecule has 0 aromatic heterocycles. The molecule has 0 spiro atoms. The zero-order valence-corrected chi connectivity index (χ0v) is 14.2. The number of hydrogen-bond acceptors (Lipinski definition) is 4. The van der Waals surface area contributed by atoms with Crippen molar-refractivity contribution in [3.63, 3.8) is 0 Å². The van der Waals surface area contributed by atoms with Gasteiger partial charge in [0, 0.05) is 6.04 Å². The lowest BCUT2D eigenvalue weighted by atomic mass is 10.2. The fourth-order valence-corrected chi connectivity index (χ4v) is 2.88. The Labute approximate surface area is 142 Å². The second-order valence-corrected chi connectivity index (χ2v) is 6.03. The van der Waals surface area contributed by atoms with Crippen LogP contribution in [0, 0.1) is 0 Å².